The van der Waals surface area contributed by atoms with Crippen LogP contribution in [0.1, 0.15) is 24.5 Å². The fourth-order valence-corrected chi connectivity index (χ4v) is 2.72. The average molecular weight is 306 g/mol. The van der Waals surface area contributed by atoms with E-state index in [-0.39, 0.29) is 18.4 Å². The Balaban J connectivity index is 1.80. The fraction of sp³-hybridized carbons (Fsp3) is 0.500. The van der Waals surface area contributed by atoms with E-state index in [2.05, 4.69) is 10.1 Å². The molecular formula is C16H22N2O4. The third kappa shape index (κ3) is 4.21. The van der Waals surface area contributed by atoms with Crippen molar-refractivity contribution in [2.24, 2.45) is 5.92 Å². The minimum absolute atomic E-state index is 0.0570. The summed E-state index contributed by atoms with van der Waals surface area (Å²) < 4.78 is 4.43. The topological polar surface area (TPSA) is 78.9 Å². The molecule has 0 spiro atoms. The number of nitrogens with one attached hydrogen (secondary N) is 1. The van der Waals surface area contributed by atoms with Gasteiger partial charge in [0.15, 0.2) is 0 Å². The van der Waals surface area contributed by atoms with Crippen LogP contribution in [0.5, 0.6) is 0 Å². The number of amides is 2. The first-order valence-corrected chi connectivity index (χ1v) is 7.44. The van der Waals surface area contributed by atoms with Gasteiger partial charge in [-0.1, -0.05) is 30.3 Å². The lowest BCUT2D eigenvalue weighted by Crippen LogP contribution is -2.44. The summed E-state index contributed by atoms with van der Waals surface area (Å²) in [4.78, 5) is 24.6. The second-order valence-electron chi connectivity index (χ2n) is 5.42. The Kier molecular flexibility index (Phi) is 5.77. The lowest BCUT2D eigenvalue weighted by Gasteiger charge is -2.34. The van der Waals surface area contributed by atoms with Crippen LogP contribution in [0, 0.1) is 5.92 Å². The van der Waals surface area contributed by atoms with Crippen LogP contribution in [0.25, 0.3) is 0 Å². The Hall–Kier alpha value is -2.08. The number of benzene rings is 1. The number of likely N-dealkylation sites (tertiary alicyclic amines) is 1. The van der Waals surface area contributed by atoms with Gasteiger partial charge in [0.1, 0.15) is 6.54 Å². The number of hydrogen-bond acceptors (Lipinski definition) is 4. The molecule has 0 saturated carbocycles. The maximum Gasteiger partial charge on any atom is 0.407 e. The van der Waals surface area contributed by atoms with Gasteiger partial charge in [0, 0.05) is 13.1 Å². The summed E-state index contributed by atoms with van der Waals surface area (Å²) >= 11 is 0. The van der Waals surface area contributed by atoms with E-state index in [0.29, 0.717) is 13.1 Å². The van der Waals surface area contributed by atoms with Crippen LogP contribution in [-0.4, -0.2) is 48.8 Å². The van der Waals surface area contributed by atoms with Gasteiger partial charge < -0.3 is 20.1 Å². The molecule has 1 unspecified atom stereocenters. The third-order valence-electron chi connectivity index (χ3n) is 4.05. The summed E-state index contributed by atoms with van der Waals surface area (Å²) in [7, 11) is 1.26. The molecule has 0 aromatic heterocycles. The lowest BCUT2D eigenvalue weighted by atomic mass is 9.87. The standard InChI is InChI=1S/C16H22N2O4/c1-22-16(21)17-11-14(19)18-9-7-13(8-10-18)15(20)12-5-3-2-4-6-12/h2-6,13,15,20H,7-11H2,1H3,(H,17,21). The number of nitrogens with zero attached hydrogens (tertiary/aromatic N) is 1. The number of aliphatic hydroxyl groups excluding tert-OH is 1. The van der Waals surface area contributed by atoms with Crippen molar-refractivity contribution in [1.82, 2.24) is 10.2 Å². The van der Waals surface area contributed by atoms with Crippen LogP contribution in [0.2, 0.25) is 0 Å². The van der Waals surface area contributed by atoms with E-state index in [1.54, 1.807) is 4.90 Å². The summed E-state index contributed by atoms with van der Waals surface area (Å²) in [5.74, 6) is 0.0260. The van der Waals surface area contributed by atoms with Crippen molar-refractivity contribution in [1.29, 1.82) is 0 Å². The molecule has 0 aliphatic carbocycles. The number of ether oxygens (including phenoxy) is 1. The molecule has 1 aromatic carbocycles. The first kappa shape index (κ1) is 16.3. The van der Waals surface area contributed by atoms with E-state index in [1.165, 1.54) is 7.11 Å². The zero-order valence-corrected chi connectivity index (χ0v) is 12.7. The number of carbonyl (C=O) groups is 2. The van der Waals surface area contributed by atoms with E-state index in [0.717, 1.165) is 18.4 Å². The average Bonchev–Trinajstić information content (AvgIpc) is 2.59. The summed E-state index contributed by atoms with van der Waals surface area (Å²) in [6, 6.07) is 9.59. The van der Waals surface area contributed by atoms with E-state index >= 15 is 0 Å². The van der Waals surface area contributed by atoms with Crippen molar-refractivity contribution >= 4 is 12.0 Å². The summed E-state index contributed by atoms with van der Waals surface area (Å²) in [5.41, 5.74) is 0.916. The van der Waals surface area contributed by atoms with Crippen molar-refractivity contribution < 1.29 is 19.4 Å². The van der Waals surface area contributed by atoms with Crippen LogP contribution in [0.15, 0.2) is 30.3 Å². The first-order chi connectivity index (χ1) is 10.6. The quantitative estimate of drug-likeness (QED) is 0.879. The van der Waals surface area contributed by atoms with E-state index in [4.69, 9.17) is 0 Å². The van der Waals surface area contributed by atoms with Gasteiger partial charge in [0.2, 0.25) is 5.91 Å². The number of alkyl carbamates (subject to hydrolysis) is 1. The molecular weight excluding hydrogens is 284 g/mol. The van der Waals surface area contributed by atoms with E-state index in [9.17, 15) is 14.7 Å². The maximum absolute atomic E-state index is 12.0. The summed E-state index contributed by atoms with van der Waals surface area (Å²) in [6.45, 7) is 1.13. The molecule has 2 amide bonds. The molecule has 1 aliphatic heterocycles. The Labute approximate surface area is 130 Å². The SMILES string of the molecule is COC(=O)NCC(=O)N1CCC(C(O)c2ccccc2)CC1. The second kappa shape index (κ2) is 7.79. The van der Waals surface area contributed by atoms with Crippen molar-refractivity contribution in [3.05, 3.63) is 35.9 Å². The van der Waals surface area contributed by atoms with Crippen LogP contribution in [0.4, 0.5) is 4.79 Å². The molecule has 22 heavy (non-hydrogen) atoms. The third-order valence-corrected chi connectivity index (χ3v) is 4.05. The number of hydrogen-bond donors (Lipinski definition) is 2. The first-order valence-electron chi connectivity index (χ1n) is 7.44. The van der Waals surface area contributed by atoms with E-state index < -0.39 is 12.2 Å². The van der Waals surface area contributed by atoms with Crippen molar-refractivity contribution in [3.8, 4) is 0 Å². The molecule has 2 N–H and O–H groups in total. The Morgan fingerprint density at radius 2 is 1.95 bits per heavy atom. The van der Waals surface area contributed by atoms with Gasteiger partial charge >= 0.3 is 6.09 Å². The number of methoxy groups -OCH3 is 1. The molecule has 1 heterocycles. The zero-order chi connectivity index (χ0) is 15.9. The highest BCUT2D eigenvalue weighted by atomic mass is 16.5. The Morgan fingerprint density at radius 1 is 1.32 bits per heavy atom. The molecule has 1 fully saturated rings. The molecule has 2 rings (SSSR count). The number of rotatable bonds is 4. The van der Waals surface area contributed by atoms with Crippen LogP contribution >= 0.6 is 0 Å². The number of piperidine rings is 1. The van der Waals surface area contributed by atoms with Crippen LogP contribution < -0.4 is 5.32 Å². The predicted molar refractivity (Wildman–Crippen MR) is 81.1 cm³/mol. The molecule has 6 heteroatoms. The van der Waals surface area contributed by atoms with Crippen molar-refractivity contribution in [3.63, 3.8) is 0 Å². The monoisotopic (exact) mass is 306 g/mol. The number of carbonyl (C=O) groups excluding carboxylic acids is 2. The van der Waals surface area contributed by atoms with Crippen LogP contribution in [0.3, 0.4) is 0 Å². The minimum Gasteiger partial charge on any atom is -0.453 e. The molecule has 1 atom stereocenters. The molecule has 0 radical (unpaired) electrons. The van der Waals surface area contributed by atoms with Gasteiger partial charge in [0.25, 0.3) is 0 Å². The summed E-state index contributed by atoms with van der Waals surface area (Å²) in [5, 5.41) is 12.8. The van der Waals surface area contributed by atoms with Gasteiger partial charge in [-0.15, -0.1) is 0 Å². The molecule has 120 valence electrons. The second-order valence-corrected chi connectivity index (χ2v) is 5.42. The van der Waals surface area contributed by atoms with Gasteiger partial charge in [0.05, 0.1) is 13.2 Å². The van der Waals surface area contributed by atoms with Crippen molar-refractivity contribution in [2.45, 2.75) is 18.9 Å². The van der Waals surface area contributed by atoms with Gasteiger partial charge in [-0.2, -0.15) is 0 Å². The fourth-order valence-electron chi connectivity index (χ4n) is 2.72. The zero-order valence-electron chi connectivity index (χ0n) is 12.7. The normalized spacial score (nSPS) is 16.9. The maximum atomic E-state index is 12.0. The molecule has 6 nitrogen and oxygen atoms in total. The molecule has 1 aliphatic rings. The molecule has 1 aromatic rings. The van der Waals surface area contributed by atoms with Crippen LogP contribution in [-0.2, 0) is 9.53 Å². The number of aliphatic hydroxyl groups is 1. The minimum atomic E-state index is -0.609. The predicted octanol–water partition coefficient (Wildman–Crippen LogP) is 1.31. The smallest absolute Gasteiger partial charge is 0.407 e. The Morgan fingerprint density at radius 3 is 2.55 bits per heavy atom. The molecule has 0 bridgehead atoms. The highest BCUT2D eigenvalue weighted by Gasteiger charge is 2.28. The Bertz CT molecular complexity index is 498. The summed E-state index contributed by atoms with van der Waals surface area (Å²) in [6.07, 6.45) is 0.398. The lowest BCUT2D eigenvalue weighted by molar-refractivity contribution is -0.132. The largest absolute Gasteiger partial charge is 0.453 e. The highest BCUT2D eigenvalue weighted by molar-refractivity contribution is 5.82. The highest BCUT2D eigenvalue weighted by Crippen LogP contribution is 2.30. The van der Waals surface area contributed by atoms with Gasteiger partial charge in [-0.3, -0.25) is 4.79 Å². The van der Waals surface area contributed by atoms with E-state index in [1.807, 2.05) is 30.3 Å². The van der Waals surface area contributed by atoms with Gasteiger partial charge in [-0.25, -0.2) is 4.79 Å². The van der Waals surface area contributed by atoms with Crippen molar-refractivity contribution in [2.75, 3.05) is 26.7 Å². The molecule has 1 saturated heterocycles. The van der Waals surface area contributed by atoms with Gasteiger partial charge in [-0.05, 0) is 24.3 Å².